The number of carbonyl (C=O) groups is 4. The zero-order valence-corrected chi connectivity index (χ0v) is 27.1. The second-order valence-electron chi connectivity index (χ2n) is 12.0. The average molecular weight is 639 g/mol. The number of unbranched alkanes of at least 4 members (excludes halogenated alkanes) is 2. The van der Waals surface area contributed by atoms with Gasteiger partial charge in [0.2, 0.25) is 5.91 Å². The van der Waals surface area contributed by atoms with E-state index in [1.54, 1.807) is 14.0 Å². The second-order valence-corrected chi connectivity index (χ2v) is 12.0. The number of hydrogen-bond donors (Lipinski definition) is 4. The second kappa shape index (κ2) is 13.2. The highest BCUT2D eigenvalue weighted by molar-refractivity contribution is 6.31. The van der Waals surface area contributed by atoms with Crippen LogP contribution in [0.5, 0.6) is 23.0 Å². The number of hydrogen-bond acceptors (Lipinski definition) is 9. The molecule has 0 saturated carbocycles. The molecule has 0 aromatic heterocycles. The summed E-state index contributed by atoms with van der Waals surface area (Å²) in [6.07, 6.45) is 3.53. The van der Waals surface area contributed by atoms with Crippen LogP contribution in [0.25, 0.3) is 11.1 Å². The first-order valence-corrected chi connectivity index (χ1v) is 15.5. The largest absolute Gasteiger partial charge is 0.507 e. The van der Waals surface area contributed by atoms with E-state index in [1.165, 1.54) is 26.8 Å². The molecule has 1 aliphatic carbocycles. The Hall–Kier alpha value is -5.38. The van der Waals surface area contributed by atoms with Crippen LogP contribution in [0.15, 0.2) is 71.6 Å². The Morgan fingerprint density at radius 1 is 0.957 bits per heavy atom. The lowest BCUT2D eigenvalue weighted by Gasteiger charge is -2.29. The normalized spacial score (nSPS) is 17.7. The van der Waals surface area contributed by atoms with Crippen LogP contribution in [-0.2, 0) is 19.8 Å². The number of allylic oxidation sites excluding steroid dienone is 4. The molecule has 0 bridgehead atoms. The smallest absolute Gasteiger partial charge is 0.224 e. The number of aromatic hydroxyl groups is 2. The fourth-order valence-electron chi connectivity index (χ4n) is 6.14. The Labute approximate surface area is 273 Å². The number of nitrogens with one attached hydrogen (secondary N) is 2. The number of methoxy groups -OCH3 is 1. The van der Waals surface area contributed by atoms with Crippen LogP contribution in [-0.4, -0.2) is 47.1 Å². The fourth-order valence-corrected chi connectivity index (χ4v) is 6.14. The monoisotopic (exact) mass is 638 g/mol. The van der Waals surface area contributed by atoms with Gasteiger partial charge in [-0.15, -0.1) is 0 Å². The minimum absolute atomic E-state index is 0.00969. The molecule has 1 heterocycles. The van der Waals surface area contributed by atoms with Crippen molar-refractivity contribution < 1.29 is 38.9 Å². The number of phenolic OH excluding ortho intramolecular Hbond substituents is 2. The zero-order valence-electron chi connectivity index (χ0n) is 27.1. The lowest BCUT2D eigenvalue weighted by atomic mass is 9.70. The fraction of sp³-hybridized carbons (Fsp3) is 0.297. The number of ketones is 3. The summed E-state index contributed by atoms with van der Waals surface area (Å²) >= 11 is 0. The van der Waals surface area contributed by atoms with Gasteiger partial charge in [-0.25, -0.2) is 0 Å². The number of Topliss-reactive ketones (excluding diaryl/α,β-unsaturated/α-hetero) is 2. The highest BCUT2D eigenvalue weighted by Gasteiger charge is 2.56. The highest BCUT2D eigenvalue weighted by atomic mass is 16.5. The van der Waals surface area contributed by atoms with E-state index in [0.717, 1.165) is 17.5 Å². The molecule has 0 saturated heterocycles. The van der Waals surface area contributed by atoms with E-state index >= 15 is 0 Å². The Bertz CT molecular complexity index is 1860. The number of rotatable bonds is 11. The molecule has 10 nitrogen and oxygen atoms in total. The van der Waals surface area contributed by atoms with Gasteiger partial charge < -0.3 is 30.3 Å². The first-order valence-electron chi connectivity index (χ1n) is 15.5. The molecule has 0 radical (unpaired) electrons. The molecule has 2 aliphatic rings. The first kappa shape index (κ1) is 33.0. The molecular weight excluding hydrogens is 600 g/mol. The van der Waals surface area contributed by atoms with Gasteiger partial charge in [0, 0.05) is 30.3 Å². The maximum atomic E-state index is 13.9. The van der Waals surface area contributed by atoms with Crippen LogP contribution >= 0.6 is 0 Å². The maximum absolute atomic E-state index is 13.9. The van der Waals surface area contributed by atoms with Crippen molar-refractivity contribution in [3.63, 3.8) is 0 Å². The van der Waals surface area contributed by atoms with Crippen LogP contribution < -0.4 is 20.1 Å². The third kappa shape index (κ3) is 5.98. The molecule has 47 heavy (non-hydrogen) atoms. The van der Waals surface area contributed by atoms with E-state index in [-0.39, 0.29) is 45.4 Å². The number of anilines is 1. The van der Waals surface area contributed by atoms with Gasteiger partial charge in [-0.05, 0) is 63.8 Å². The number of amides is 1. The van der Waals surface area contributed by atoms with Crippen molar-refractivity contribution in [2.75, 3.05) is 19.0 Å². The zero-order chi connectivity index (χ0) is 34.0. The third-order valence-corrected chi connectivity index (χ3v) is 8.81. The van der Waals surface area contributed by atoms with E-state index in [9.17, 15) is 29.4 Å². The SMILES string of the molecule is COc1ccc(-c2ccccc2)cc1NC(=O)CCCCCN/C(C)=C1\C(=O)C=C2Oc3c(C(C)=O)c(O)c(C)c(O)c3C2(C)C1=O. The van der Waals surface area contributed by atoms with Crippen molar-refractivity contribution in [1.82, 2.24) is 5.32 Å². The predicted molar refractivity (Wildman–Crippen MR) is 177 cm³/mol. The lowest BCUT2D eigenvalue weighted by Crippen LogP contribution is -2.41. The van der Waals surface area contributed by atoms with Crippen LogP contribution in [0.2, 0.25) is 0 Å². The molecule has 0 spiro atoms. The molecule has 1 amide bonds. The van der Waals surface area contributed by atoms with Gasteiger partial charge in [0.15, 0.2) is 17.3 Å². The van der Waals surface area contributed by atoms with Crippen molar-refractivity contribution in [3.8, 4) is 34.1 Å². The van der Waals surface area contributed by atoms with E-state index < -0.39 is 28.5 Å². The number of carbonyl (C=O) groups excluding carboxylic acids is 4. The van der Waals surface area contributed by atoms with E-state index in [2.05, 4.69) is 10.6 Å². The van der Waals surface area contributed by atoms with E-state index in [0.29, 0.717) is 42.9 Å². The number of fused-ring (bicyclic) bond motifs is 3. The van der Waals surface area contributed by atoms with E-state index in [4.69, 9.17) is 9.47 Å². The summed E-state index contributed by atoms with van der Waals surface area (Å²) in [5.41, 5.74) is 1.26. The van der Waals surface area contributed by atoms with Crippen molar-refractivity contribution in [2.24, 2.45) is 0 Å². The molecule has 1 aliphatic heterocycles. The molecule has 244 valence electrons. The molecule has 5 rings (SSSR count). The van der Waals surface area contributed by atoms with Gasteiger partial charge in [-0.1, -0.05) is 42.8 Å². The van der Waals surface area contributed by atoms with Gasteiger partial charge in [0.25, 0.3) is 0 Å². The quantitative estimate of drug-likeness (QED) is 0.0854. The Morgan fingerprint density at radius 2 is 1.68 bits per heavy atom. The minimum Gasteiger partial charge on any atom is -0.507 e. The lowest BCUT2D eigenvalue weighted by molar-refractivity contribution is -0.123. The Balaban J connectivity index is 1.20. The Kier molecular flexibility index (Phi) is 9.24. The van der Waals surface area contributed by atoms with Gasteiger partial charge >= 0.3 is 0 Å². The standard InChI is InChI=1S/C37H38N2O8/c1-20-33(43)31(22(3)40)35-32(34(20)44)37(4)28(47-35)19-26(41)30(36(37)45)21(2)38-17-11-7-10-14-29(42)39-25-18-24(15-16-27(25)46-5)23-12-8-6-9-13-23/h6,8-9,12-13,15-16,18-19,38,43-44H,7,10-11,14,17H2,1-5H3,(H,39,42)/b30-21+. The third-order valence-electron chi connectivity index (χ3n) is 8.81. The summed E-state index contributed by atoms with van der Waals surface area (Å²) < 4.78 is 11.2. The summed E-state index contributed by atoms with van der Waals surface area (Å²) in [7, 11) is 1.56. The van der Waals surface area contributed by atoms with Crippen LogP contribution in [0.3, 0.4) is 0 Å². The van der Waals surface area contributed by atoms with Crippen LogP contribution in [0.1, 0.15) is 67.9 Å². The van der Waals surface area contributed by atoms with Crippen molar-refractivity contribution in [2.45, 2.75) is 58.8 Å². The average Bonchev–Trinajstić information content (AvgIpc) is 3.34. The molecule has 4 N–H and O–H groups in total. The summed E-state index contributed by atoms with van der Waals surface area (Å²) in [5.74, 6) is -2.14. The number of ether oxygens (including phenoxy) is 2. The predicted octanol–water partition coefficient (Wildman–Crippen LogP) is 6.03. The Morgan fingerprint density at radius 3 is 2.36 bits per heavy atom. The molecule has 0 fully saturated rings. The van der Waals surface area contributed by atoms with Crippen LogP contribution in [0, 0.1) is 6.92 Å². The number of benzene rings is 3. The van der Waals surface area contributed by atoms with Gasteiger partial charge in [0.05, 0.1) is 23.9 Å². The van der Waals surface area contributed by atoms with Crippen molar-refractivity contribution in [1.29, 1.82) is 0 Å². The molecular formula is C37H38N2O8. The topological polar surface area (TPSA) is 151 Å². The molecule has 10 heteroatoms. The van der Waals surface area contributed by atoms with Gasteiger partial charge in [0.1, 0.15) is 39.7 Å². The van der Waals surface area contributed by atoms with Gasteiger partial charge in [-0.3, -0.25) is 19.2 Å². The molecule has 1 unspecified atom stereocenters. The summed E-state index contributed by atoms with van der Waals surface area (Å²) in [5, 5.41) is 27.6. The van der Waals surface area contributed by atoms with Crippen molar-refractivity contribution in [3.05, 3.63) is 88.3 Å². The highest BCUT2D eigenvalue weighted by Crippen LogP contribution is 2.57. The summed E-state index contributed by atoms with van der Waals surface area (Å²) in [6, 6.07) is 15.5. The summed E-state index contributed by atoms with van der Waals surface area (Å²) in [4.78, 5) is 52.2. The molecule has 1 atom stereocenters. The minimum atomic E-state index is -1.56. The van der Waals surface area contributed by atoms with Gasteiger partial charge in [-0.2, -0.15) is 0 Å². The van der Waals surface area contributed by atoms with Crippen LogP contribution in [0.4, 0.5) is 5.69 Å². The number of phenols is 2. The maximum Gasteiger partial charge on any atom is 0.224 e. The molecule has 3 aromatic rings. The summed E-state index contributed by atoms with van der Waals surface area (Å²) in [6.45, 7) is 6.31. The first-order chi connectivity index (χ1) is 22.4. The molecule has 3 aromatic carbocycles. The van der Waals surface area contributed by atoms with E-state index in [1.807, 2.05) is 48.5 Å². The van der Waals surface area contributed by atoms with Crippen molar-refractivity contribution >= 4 is 28.9 Å².